The molecule has 0 N–H and O–H groups in total. The zero-order chi connectivity index (χ0) is 22.8. The van der Waals surface area contributed by atoms with Crippen molar-refractivity contribution in [2.75, 3.05) is 0 Å². The van der Waals surface area contributed by atoms with Crippen LogP contribution in [0.1, 0.15) is 16.7 Å². The topological polar surface area (TPSA) is 121 Å². The van der Waals surface area contributed by atoms with Crippen molar-refractivity contribution in [3.63, 3.8) is 0 Å². The maximum Gasteiger partial charge on any atom is 0.339 e. The highest BCUT2D eigenvalue weighted by Gasteiger charge is 2.25. The van der Waals surface area contributed by atoms with Gasteiger partial charge in [0.25, 0.3) is 0 Å². The molecule has 0 heterocycles. The molecule has 0 amide bonds. The lowest BCUT2D eigenvalue weighted by molar-refractivity contribution is -0.385. The van der Waals surface area contributed by atoms with Gasteiger partial charge >= 0.3 is 15.8 Å². The second-order valence-corrected chi connectivity index (χ2v) is 10.5. The van der Waals surface area contributed by atoms with Gasteiger partial charge in [0, 0.05) is 6.07 Å². The maximum atomic E-state index is 12.7. The fourth-order valence-corrected chi connectivity index (χ4v) is 5.06. The highest BCUT2D eigenvalue weighted by molar-refractivity contribution is 7.90. The minimum Gasteiger partial charge on any atom is -0.372 e. The molecule has 162 valence electrons. The van der Waals surface area contributed by atoms with Crippen LogP contribution in [0.25, 0.3) is 0 Å². The Labute approximate surface area is 180 Å². The van der Waals surface area contributed by atoms with Crippen LogP contribution in [0.3, 0.4) is 0 Å². The van der Waals surface area contributed by atoms with Crippen molar-refractivity contribution in [2.24, 2.45) is 0 Å². The predicted molar refractivity (Wildman–Crippen MR) is 114 cm³/mol. The van der Waals surface area contributed by atoms with E-state index in [9.17, 15) is 26.9 Å². The number of nitro groups is 1. The molecule has 0 saturated heterocycles. The van der Waals surface area contributed by atoms with Crippen LogP contribution in [0, 0.1) is 24.0 Å². The standard InChI is InChI=1S/C21H19NO7S2/c1-15-3-8-18(9-4-15)30(25,26)14-17-7-12-20(22(23)24)21(13-17)29-31(27,28)19-10-5-16(2)6-11-19/h3-13H,14H2,1-2H3. The molecule has 0 aromatic heterocycles. The Balaban J connectivity index is 1.97. The van der Waals surface area contributed by atoms with Crippen LogP contribution in [0.2, 0.25) is 0 Å². The Hall–Kier alpha value is -3.24. The van der Waals surface area contributed by atoms with Crippen molar-refractivity contribution in [3.8, 4) is 5.75 Å². The molecule has 0 aliphatic carbocycles. The van der Waals surface area contributed by atoms with Crippen molar-refractivity contribution in [1.82, 2.24) is 0 Å². The Morgan fingerprint density at radius 3 is 1.84 bits per heavy atom. The third kappa shape index (κ3) is 5.28. The fraction of sp³-hybridized carbons (Fsp3) is 0.143. The molecular weight excluding hydrogens is 442 g/mol. The molecule has 0 bridgehead atoms. The van der Waals surface area contributed by atoms with E-state index in [0.717, 1.165) is 23.3 Å². The number of nitrogens with zero attached hydrogens (tertiary/aromatic N) is 1. The van der Waals surface area contributed by atoms with Gasteiger partial charge in [-0.05, 0) is 49.7 Å². The normalized spacial score (nSPS) is 11.8. The summed E-state index contributed by atoms with van der Waals surface area (Å²) in [6.45, 7) is 3.60. The largest absolute Gasteiger partial charge is 0.372 e. The van der Waals surface area contributed by atoms with Gasteiger partial charge in [0.1, 0.15) is 4.90 Å². The van der Waals surface area contributed by atoms with E-state index in [4.69, 9.17) is 4.18 Å². The van der Waals surface area contributed by atoms with Crippen LogP contribution in [0.4, 0.5) is 5.69 Å². The van der Waals surface area contributed by atoms with Crippen molar-refractivity contribution in [3.05, 3.63) is 93.5 Å². The fourth-order valence-electron chi connectivity index (χ4n) is 2.79. The Morgan fingerprint density at radius 2 is 1.32 bits per heavy atom. The first-order chi connectivity index (χ1) is 14.5. The molecular formula is C21H19NO7S2. The second kappa shape index (κ2) is 8.48. The number of rotatable bonds is 7. The molecule has 0 fully saturated rings. The quantitative estimate of drug-likeness (QED) is 0.297. The third-order valence-electron chi connectivity index (χ3n) is 4.47. The second-order valence-electron chi connectivity index (χ2n) is 6.98. The summed E-state index contributed by atoms with van der Waals surface area (Å²) in [5.41, 5.74) is 1.28. The first-order valence-corrected chi connectivity index (χ1v) is 12.1. The molecule has 0 unspecified atom stereocenters. The molecule has 0 saturated carbocycles. The number of hydrogen-bond acceptors (Lipinski definition) is 7. The lowest BCUT2D eigenvalue weighted by Crippen LogP contribution is -2.12. The highest BCUT2D eigenvalue weighted by atomic mass is 32.2. The molecule has 8 nitrogen and oxygen atoms in total. The molecule has 0 spiro atoms. The molecule has 3 rings (SSSR count). The smallest absolute Gasteiger partial charge is 0.339 e. The zero-order valence-electron chi connectivity index (χ0n) is 16.7. The third-order valence-corrected chi connectivity index (χ3v) is 7.42. The van der Waals surface area contributed by atoms with Crippen molar-refractivity contribution in [1.29, 1.82) is 0 Å². The van der Waals surface area contributed by atoms with Crippen molar-refractivity contribution >= 4 is 25.6 Å². The van der Waals surface area contributed by atoms with E-state index in [-0.39, 0.29) is 15.4 Å². The molecule has 0 aliphatic rings. The van der Waals surface area contributed by atoms with Crippen LogP contribution in [-0.4, -0.2) is 21.8 Å². The molecule has 3 aromatic carbocycles. The number of aryl methyl sites for hydroxylation is 2. The first kappa shape index (κ1) is 22.4. The summed E-state index contributed by atoms with van der Waals surface area (Å²) in [5, 5.41) is 11.4. The number of hydrogen-bond donors (Lipinski definition) is 0. The molecule has 3 aromatic rings. The van der Waals surface area contributed by atoms with Gasteiger partial charge in [0.15, 0.2) is 9.84 Å². The summed E-state index contributed by atoms with van der Waals surface area (Å²) < 4.78 is 55.6. The van der Waals surface area contributed by atoms with E-state index in [1.54, 1.807) is 31.2 Å². The molecule has 10 heteroatoms. The summed E-state index contributed by atoms with van der Waals surface area (Å²) in [5.74, 6) is -1.03. The minimum atomic E-state index is -4.36. The van der Waals surface area contributed by atoms with E-state index in [2.05, 4.69) is 0 Å². The first-order valence-electron chi connectivity index (χ1n) is 9.06. The van der Waals surface area contributed by atoms with Crippen LogP contribution in [0.5, 0.6) is 5.75 Å². The average molecular weight is 462 g/mol. The lowest BCUT2D eigenvalue weighted by atomic mass is 10.2. The summed E-state index contributed by atoms with van der Waals surface area (Å²) >= 11 is 0. The number of benzene rings is 3. The van der Waals surface area contributed by atoms with Crippen molar-refractivity contribution in [2.45, 2.75) is 29.4 Å². The molecule has 0 radical (unpaired) electrons. The van der Waals surface area contributed by atoms with E-state index < -0.39 is 42.1 Å². The Morgan fingerprint density at radius 1 is 0.806 bits per heavy atom. The highest BCUT2D eigenvalue weighted by Crippen LogP contribution is 2.32. The summed E-state index contributed by atoms with van der Waals surface area (Å²) in [4.78, 5) is 10.5. The maximum absolute atomic E-state index is 12.7. The van der Waals surface area contributed by atoms with E-state index in [1.807, 2.05) is 6.92 Å². The minimum absolute atomic E-state index is 0.0891. The van der Waals surface area contributed by atoms with Gasteiger partial charge in [-0.15, -0.1) is 0 Å². The van der Waals surface area contributed by atoms with Gasteiger partial charge in [-0.1, -0.05) is 41.5 Å². The van der Waals surface area contributed by atoms with Crippen LogP contribution in [-0.2, 0) is 25.7 Å². The number of nitro benzene ring substituents is 1. The van der Waals surface area contributed by atoms with E-state index >= 15 is 0 Å². The Bertz CT molecular complexity index is 1330. The lowest BCUT2D eigenvalue weighted by Gasteiger charge is -2.10. The molecule has 0 atom stereocenters. The molecule has 0 aliphatic heterocycles. The average Bonchev–Trinajstić information content (AvgIpc) is 2.68. The van der Waals surface area contributed by atoms with Gasteiger partial charge < -0.3 is 4.18 Å². The van der Waals surface area contributed by atoms with E-state index in [1.165, 1.54) is 30.3 Å². The summed E-state index contributed by atoms with van der Waals surface area (Å²) in [6, 6.07) is 15.4. The summed E-state index contributed by atoms with van der Waals surface area (Å²) in [6.07, 6.45) is 0. The van der Waals surface area contributed by atoms with Crippen molar-refractivity contribution < 1.29 is 25.9 Å². The van der Waals surface area contributed by atoms with Crippen LogP contribution >= 0.6 is 0 Å². The number of sulfone groups is 1. The predicted octanol–water partition coefficient (Wildman–Crippen LogP) is 3.95. The van der Waals surface area contributed by atoms with Crippen LogP contribution in [0.15, 0.2) is 76.5 Å². The monoisotopic (exact) mass is 461 g/mol. The van der Waals surface area contributed by atoms with Gasteiger partial charge in [-0.25, -0.2) is 8.42 Å². The van der Waals surface area contributed by atoms with Gasteiger partial charge in [-0.3, -0.25) is 10.1 Å². The van der Waals surface area contributed by atoms with E-state index in [0.29, 0.717) is 0 Å². The zero-order valence-corrected chi connectivity index (χ0v) is 18.3. The summed E-state index contributed by atoms with van der Waals surface area (Å²) in [7, 11) is -8.11. The van der Waals surface area contributed by atoms with Gasteiger partial charge in [-0.2, -0.15) is 8.42 Å². The van der Waals surface area contributed by atoms with Gasteiger partial charge in [0.05, 0.1) is 15.6 Å². The van der Waals surface area contributed by atoms with Crippen LogP contribution < -0.4 is 4.18 Å². The Kier molecular flexibility index (Phi) is 6.14. The molecule has 31 heavy (non-hydrogen) atoms. The van der Waals surface area contributed by atoms with Gasteiger partial charge in [0.2, 0.25) is 5.75 Å². The SMILES string of the molecule is Cc1ccc(S(=O)(=O)Cc2ccc([N+](=O)[O-])c(OS(=O)(=O)c3ccc(C)cc3)c2)cc1.